The number of carboxylic acid groups (broad SMARTS) is 1. The first-order valence-electron chi connectivity index (χ1n) is 10.7. The summed E-state index contributed by atoms with van der Waals surface area (Å²) >= 11 is 0. The highest BCUT2D eigenvalue weighted by Gasteiger charge is 2.45. The van der Waals surface area contributed by atoms with E-state index in [4.69, 9.17) is 4.74 Å². The molecule has 0 bridgehead atoms. The first-order valence-corrected chi connectivity index (χ1v) is 13.6. The maximum atomic E-state index is 13.2. The molecule has 0 aliphatic heterocycles. The van der Waals surface area contributed by atoms with E-state index in [1.807, 2.05) is 73.8 Å². The van der Waals surface area contributed by atoms with Crippen LogP contribution >= 0.6 is 0 Å². The second-order valence-corrected chi connectivity index (χ2v) is 11.8. The number of benzene rings is 2. The van der Waals surface area contributed by atoms with Crippen LogP contribution in [0, 0.1) is 5.92 Å². The average molecular weight is 457 g/mol. The van der Waals surface area contributed by atoms with E-state index in [1.165, 1.54) is 0 Å². The number of carbonyl (C=O) groups excluding carboxylic acids is 2. The zero-order chi connectivity index (χ0) is 23.7. The standard InChI is InChI=1S/C24H32N2O5Si/c1-17(2)20(25-23(30)31-16-19-13-9-6-10-14-19)21(27)26-24(22(28)29,32(3)4)15-18-11-7-5-8-12-18/h5-14,17,20,32H,15-16H2,1-4H3,(H,25,30)(H,26,27)(H,28,29)/t20-,24?/m0/s1. The lowest BCUT2D eigenvalue weighted by atomic mass is 10.0. The molecule has 0 aliphatic rings. The van der Waals surface area contributed by atoms with Crippen LogP contribution in [0.5, 0.6) is 0 Å². The molecular weight excluding hydrogens is 424 g/mol. The van der Waals surface area contributed by atoms with Gasteiger partial charge in [-0.05, 0) is 17.0 Å². The smallest absolute Gasteiger partial charge is 0.408 e. The number of rotatable bonds is 10. The number of hydrogen-bond donors (Lipinski definition) is 3. The molecule has 0 saturated carbocycles. The highest BCUT2D eigenvalue weighted by atomic mass is 28.3. The number of nitrogens with one attached hydrogen (secondary N) is 2. The van der Waals surface area contributed by atoms with Gasteiger partial charge in [0.25, 0.3) is 0 Å². The number of amides is 2. The van der Waals surface area contributed by atoms with E-state index in [-0.39, 0.29) is 18.9 Å². The van der Waals surface area contributed by atoms with Crippen molar-refractivity contribution in [2.24, 2.45) is 5.92 Å². The number of ether oxygens (including phenoxy) is 1. The van der Waals surface area contributed by atoms with Gasteiger partial charge >= 0.3 is 12.1 Å². The SMILES string of the molecule is CC(C)[C@H](NC(=O)OCc1ccccc1)C(=O)NC(Cc1ccccc1)(C(=O)O)[SiH](C)C. The van der Waals surface area contributed by atoms with Crippen molar-refractivity contribution in [3.8, 4) is 0 Å². The Hall–Kier alpha value is -3.13. The Kier molecular flexibility index (Phi) is 9.01. The van der Waals surface area contributed by atoms with Gasteiger partial charge < -0.3 is 20.5 Å². The quantitative estimate of drug-likeness (QED) is 0.477. The van der Waals surface area contributed by atoms with Gasteiger partial charge in [-0.15, -0.1) is 0 Å². The van der Waals surface area contributed by atoms with E-state index in [0.29, 0.717) is 0 Å². The van der Waals surface area contributed by atoms with E-state index in [0.717, 1.165) is 11.1 Å². The molecular formula is C24H32N2O5Si. The summed E-state index contributed by atoms with van der Waals surface area (Å²) in [4.78, 5) is 37.9. The van der Waals surface area contributed by atoms with Crippen molar-refractivity contribution in [2.45, 2.75) is 51.2 Å². The lowest BCUT2D eigenvalue weighted by molar-refractivity contribution is -0.144. The molecule has 0 heterocycles. The van der Waals surface area contributed by atoms with Gasteiger partial charge in [-0.25, -0.2) is 4.79 Å². The van der Waals surface area contributed by atoms with Crippen LogP contribution in [0.1, 0.15) is 25.0 Å². The molecule has 0 spiro atoms. The van der Waals surface area contributed by atoms with Gasteiger partial charge in [0.1, 0.15) is 17.8 Å². The van der Waals surface area contributed by atoms with Crippen LogP contribution in [0.3, 0.4) is 0 Å². The fourth-order valence-corrected chi connectivity index (χ4v) is 4.98. The van der Waals surface area contributed by atoms with Crippen molar-refractivity contribution >= 4 is 26.8 Å². The number of carbonyl (C=O) groups is 3. The summed E-state index contributed by atoms with van der Waals surface area (Å²) in [5.74, 6) is -1.86. The number of alkyl carbamates (subject to hydrolysis) is 1. The number of carboxylic acids is 1. The first-order chi connectivity index (χ1) is 15.2. The van der Waals surface area contributed by atoms with Gasteiger partial charge in [-0.3, -0.25) is 9.59 Å². The van der Waals surface area contributed by atoms with Gasteiger partial charge in [0.2, 0.25) is 5.91 Å². The molecule has 2 aromatic rings. The Balaban J connectivity index is 2.15. The Bertz CT molecular complexity index is 905. The van der Waals surface area contributed by atoms with E-state index in [9.17, 15) is 19.5 Å². The Labute approximate surface area is 190 Å². The second-order valence-electron chi connectivity index (χ2n) is 8.51. The lowest BCUT2D eigenvalue weighted by Gasteiger charge is -2.36. The largest absolute Gasteiger partial charge is 0.480 e. The third-order valence-electron chi connectivity index (χ3n) is 5.47. The molecule has 7 nitrogen and oxygen atoms in total. The van der Waals surface area contributed by atoms with Crippen molar-refractivity contribution in [3.63, 3.8) is 0 Å². The van der Waals surface area contributed by atoms with Crippen molar-refractivity contribution < 1.29 is 24.2 Å². The maximum Gasteiger partial charge on any atom is 0.408 e. The monoisotopic (exact) mass is 456 g/mol. The fraction of sp³-hybridized carbons (Fsp3) is 0.375. The van der Waals surface area contributed by atoms with Gasteiger partial charge in [-0.1, -0.05) is 87.6 Å². The molecule has 0 aliphatic carbocycles. The third-order valence-corrected chi connectivity index (χ3v) is 8.04. The zero-order valence-corrected chi connectivity index (χ0v) is 20.2. The first kappa shape index (κ1) is 25.1. The summed E-state index contributed by atoms with van der Waals surface area (Å²) in [6.07, 6.45) is -0.546. The van der Waals surface area contributed by atoms with Gasteiger partial charge in [0, 0.05) is 6.42 Å². The summed E-state index contributed by atoms with van der Waals surface area (Å²) in [6.45, 7) is 7.43. The minimum atomic E-state index is -1.94. The molecule has 172 valence electrons. The normalized spacial score (nSPS) is 13.8. The van der Waals surface area contributed by atoms with Crippen molar-refractivity contribution in [1.82, 2.24) is 10.6 Å². The predicted octanol–water partition coefficient (Wildman–Crippen LogP) is 3.15. The Morgan fingerprint density at radius 2 is 1.50 bits per heavy atom. The van der Waals surface area contributed by atoms with Crippen LogP contribution < -0.4 is 10.6 Å². The molecule has 0 radical (unpaired) electrons. The van der Waals surface area contributed by atoms with Gasteiger partial charge in [0.05, 0.1) is 8.80 Å². The van der Waals surface area contributed by atoms with Crippen molar-refractivity contribution in [3.05, 3.63) is 71.8 Å². The molecule has 0 saturated heterocycles. The van der Waals surface area contributed by atoms with E-state index in [1.54, 1.807) is 13.8 Å². The Morgan fingerprint density at radius 3 is 1.97 bits per heavy atom. The van der Waals surface area contributed by atoms with Crippen LogP contribution in [-0.2, 0) is 27.4 Å². The molecule has 3 N–H and O–H groups in total. The summed E-state index contributed by atoms with van der Waals surface area (Å²) in [5, 5.41) is 14.1. The zero-order valence-electron chi connectivity index (χ0n) is 19.0. The van der Waals surface area contributed by atoms with Gasteiger partial charge in [-0.2, -0.15) is 0 Å². The Morgan fingerprint density at radius 1 is 0.969 bits per heavy atom. The maximum absolute atomic E-state index is 13.2. The number of hydrogen-bond acceptors (Lipinski definition) is 4. The molecule has 8 heteroatoms. The average Bonchev–Trinajstić information content (AvgIpc) is 2.76. The summed E-state index contributed by atoms with van der Waals surface area (Å²) in [5.41, 5.74) is 1.65. The predicted molar refractivity (Wildman–Crippen MR) is 126 cm³/mol. The summed E-state index contributed by atoms with van der Waals surface area (Å²) in [7, 11) is -1.94. The lowest BCUT2D eigenvalue weighted by Crippen LogP contribution is -2.67. The summed E-state index contributed by atoms with van der Waals surface area (Å²) < 4.78 is 5.24. The fourth-order valence-electron chi connectivity index (χ4n) is 3.41. The summed E-state index contributed by atoms with van der Waals surface area (Å²) in [6, 6.07) is 17.5. The van der Waals surface area contributed by atoms with Crippen LogP contribution in [0.25, 0.3) is 0 Å². The minimum Gasteiger partial charge on any atom is -0.480 e. The van der Waals surface area contributed by atoms with Crippen molar-refractivity contribution in [1.29, 1.82) is 0 Å². The molecule has 1 unspecified atom stereocenters. The highest BCUT2D eigenvalue weighted by Crippen LogP contribution is 2.19. The molecule has 0 fully saturated rings. The van der Waals surface area contributed by atoms with E-state index < -0.39 is 38.0 Å². The van der Waals surface area contributed by atoms with Gasteiger partial charge in [0.15, 0.2) is 0 Å². The molecule has 2 rings (SSSR count). The molecule has 2 atom stereocenters. The minimum absolute atomic E-state index is 0.0745. The van der Waals surface area contributed by atoms with Crippen molar-refractivity contribution in [2.75, 3.05) is 0 Å². The topological polar surface area (TPSA) is 105 Å². The highest BCUT2D eigenvalue weighted by molar-refractivity contribution is 6.64. The third kappa shape index (κ3) is 6.68. The van der Waals surface area contributed by atoms with Crippen LogP contribution in [-0.4, -0.2) is 43.1 Å². The molecule has 2 aromatic carbocycles. The van der Waals surface area contributed by atoms with Crippen LogP contribution in [0.4, 0.5) is 4.79 Å². The second kappa shape index (κ2) is 11.5. The molecule has 32 heavy (non-hydrogen) atoms. The molecule has 2 amide bonds. The van der Waals surface area contributed by atoms with Crippen LogP contribution in [0.15, 0.2) is 60.7 Å². The number of aliphatic carboxylic acids is 1. The van der Waals surface area contributed by atoms with E-state index in [2.05, 4.69) is 10.6 Å². The van der Waals surface area contributed by atoms with Crippen LogP contribution in [0.2, 0.25) is 13.1 Å². The van der Waals surface area contributed by atoms with E-state index >= 15 is 0 Å². The molecule has 0 aromatic heterocycles.